The Kier molecular flexibility index (Phi) is 4.46. The van der Waals surface area contributed by atoms with Crippen molar-refractivity contribution in [3.05, 3.63) is 59.2 Å². The molecule has 0 radical (unpaired) electrons. The predicted molar refractivity (Wildman–Crippen MR) is 84.3 cm³/mol. The standard InChI is InChI=1S/C18H20O2/c1-13-5-7-15(8-6-13)14(2)11-16-9-10-17(19-3)12-18(16)20-4/h5-12H,1-4H3. The average molecular weight is 268 g/mol. The van der Waals surface area contributed by atoms with Crippen LogP contribution in [0.2, 0.25) is 0 Å². The summed E-state index contributed by atoms with van der Waals surface area (Å²) in [4.78, 5) is 0. The molecule has 0 aliphatic carbocycles. The Morgan fingerprint density at radius 2 is 1.65 bits per heavy atom. The van der Waals surface area contributed by atoms with Gasteiger partial charge in [-0.1, -0.05) is 29.8 Å². The molecule has 0 heterocycles. The molecule has 0 unspecified atom stereocenters. The zero-order valence-electron chi connectivity index (χ0n) is 12.4. The quantitative estimate of drug-likeness (QED) is 0.756. The van der Waals surface area contributed by atoms with Crippen LogP contribution in [0.25, 0.3) is 11.6 Å². The predicted octanol–water partition coefficient (Wildman–Crippen LogP) is 4.57. The van der Waals surface area contributed by atoms with E-state index in [4.69, 9.17) is 9.47 Å². The van der Waals surface area contributed by atoms with Crippen molar-refractivity contribution in [1.29, 1.82) is 0 Å². The van der Waals surface area contributed by atoms with Crippen LogP contribution in [-0.4, -0.2) is 14.2 Å². The number of rotatable bonds is 4. The largest absolute Gasteiger partial charge is 0.497 e. The van der Waals surface area contributed by atoms with Crippen LogP contribution in [0.1, 0.15) is 23.6 Å². The monoisotopic (exact) mass is 268 g/mol. The smallest absolute Gasteiger partial charge is 0.129 e. The lowest BCUT2D eigenvalue weighted by Gasteiger charge is -2.09. The van der Waals surface area contributed by atoms with Gasteiger partial charge in [-0.25, -0.2) is 0 Å². The lowest BCUT2D eigenvalue weighted by Crippen LogP contribution is -1.90. The maximum Gasteiger partial charge on any atom is 0.129 e. The Hall–Kier alpha value is -2.22. The normalized spacial score (nSPS) is 11.3. The van der Waals surface area contributed by atoms with E-state index < -0.39 is 0 Å². The molecule has 0 fully saturated rings. The molecule has 0 aliphatic rings. The molecule has 0 atom stereocenters. The summed E-state index contributed by atoms with van der Waals surface area (Å²) in [6, 6.07) is 14.4. The van der Waals surface area contributed by atoms with Crippen LogP contribution in [0.15, 0.2) is 42.5 Å². The van der Waals surface area contributed by atoms with E-state index >= 15 is 0 Å². The minimum absolute atomic E-state index is 0.798. The number of aryl methyl sites for hydroxylation is 1. The van der Waals surface area contributed by atoms with Crippen LogP contribution < -0.4 is 9.47 Å². The van der Waals surface area contributed by atoms with Crippen molar-refractivity contribution in [2.75, 3.05) is 14.2 Å². The number of hydrogen-bond donors (Lipinski definition) is 0. The van der Waals surface area contributed by atoms with Crippen LogP contribution >= 0.6 is 0 Å². The Bertz CT molecular complexity index is 610. The zero-order valence-corrected chi connectivity index (χ0v) is 12.4. The first kappa shape index (κ1) is 14.2. The first-order valence-corrected chi connectivity index (χ1v) is 6.61. The molecule has 104 valence electrons. The number of hydrogen-bond acceptors (Lipinski definition) is 2. The van der Waals surface area contributed by atoms with Gasteiger partial charge in [-0.15, -0.1) is 0 Å². The van der Waals surface area contributed by atoms with E-state index in [2.05, 4.69) is 44.2 Å². The maximum absolute atomic E-state index is 5.42. The van der Waals surface area contributed by atoms with Gasteiger partial charge < -0.3 is 9.47 Å². The van der Waals surface area contributed by atoms with Gasteiger partial charge in [-0.3, -0.25) is 0 Å². The van der Waals surface area contributed by atoms with Crippen LogP contribution in [0.5, 0.6) is 11.5 Å². The number of ether oxygens (including phenoxy) is 2. The highest BCUT2D eigenvalue weighted by atomic mass is 16.5. The van der Waals surface area contributed by atoms with Gasteiger partial charge >= 0.3 is 0 Å². The Labute approximate surface area is 120 Å². The van der Waals surface area contributed by atoms with Gasteiger partial charge in [0.1, 0.15) is 11.5 Å². The lowest BCUT2D eigenvalue weighted by molar-refractivity contribution is 0.394. The SMILES string of the molecule is COc1ccc(C=C(C)c2ccc(C)cc2)c(OC)c1. The third-order valence-corrected chi connectivity index (χ3v) is 3.32. The molecule has 0 saturated carbocycles. The fourth-order valence-electron chi connectivity index (χ4n) is 2.07. The van der Waals surface area contributed by atoms with Crippen molar-refractivity contribution in [2.24, 2.45) is 0 Å². The number of allylic oxidation sites excluding steroid dienone is 1. The van der Waals surface area contributed by atoms with Gasteiger partial charge in [0.2, 0.25) is 0 Å². The van der Waals surface area contributed by atoms with Crippen molar-refractivity contribution in [1.82, 2.24) is 0 Å². The van der Waals surface area contributed by atoms with Crippen LogP contribution in [-0.2, 0) is 0 Å². The van der Waals surface area contributed by atoms with Gasteiger partial charge in [0.15, 0.2) is 0 Å². The van der Waals surface area contributed by atoms with Crippen molar-refractivity contribution in [2.45, 2.75) is 13.8 Å². The van der Waals surface area contributed by atoms with Crippen LogP contribution in [0.3, 0.4) is 0 Å². The van der Waals surface area contributed by atoms with E-state index in [9.17, 15) is 0 Å². The van der Waals surface area contributed by atoms with Crippen molar-refractivity contribution < 1.29 is 9.47 Å². The van der Waals surface area contributed by atoms with Gasteiger partial charge in [-0.2, -0.15) is 0 Å². The second kappa shape index (κ2) is 6.29. The first-order valence-electron chi connectivity index (χ1n) is 6.61. The second-order valence-electron chi connectivity index (χ2n) is 4.80. The molecular weight excluding hydrogens is 248 g/mol. The summed E-state index contributed by atoms with van der Waals surface area (Å²) in [5.74, 6) is 1.61. The molecule has 0 bridgehead atoms. The minimum atomic E-state index is 0.798. The third kappa shape index (κ3) is 3.21. The van der Waals surface area contributed by atoms with E-state index in [1.807, 2.05) is 18.2 Å². The summed E-state index contributed by atoms with van der Waals surface area (Å²) in [5, 5.41) is 0. The van der Waals surface area contributed by atoms with E-state index in [-0.39, 0.29) is 0 Å². The van der Waals surface area contributed by atoms with E-state index in [0.29, 0.717) is 0 Å². The van der Waals surface area contributed by atoms with Crippen LogP contribution in [0.4, 0.5) is 0 Å². The van der Waals surface area contributed by atoms with Crippen LogP contribution in [0, 0.1) is 6.92 Å². The highest BCUT2D eigenvalue weighted by molar-refractivity contribution is 5.82. The lowest BCUT2D eigenvalue weighted by atomic mass is 10.0. The minimum Gasteiger partial charge on any atom is -0.497 e. The fourth-order valence-corrected chi connectivity index (χ4v) is 2.07. The summed E-state index contributed by atoms with van der Waals surface area (Å²) in [6.07, 6.45) is 2.13. The Morgan fingerprint density at radius 1 is 0.950 bits per heavy atom. The number of methoxy groups -OCH3 is 2. The molecule has 0 aliphatic heterocycles. The molecule has 0 amide bonds. The molecule has 2 aromatic rings. The summed E-state index contributed by atoms with van der Waals surface area (Å²) in [7, 11) is 3.33. The highest BCUT2D eigenvalue weighted by Gasteiger charge is 2.04. The van der Waals surface area contributed by atoms with Gasteiger partial charge in [0, 0.05) is 11.6 Å². The molecule has 2 aromatic carbocycles. The summed E-state index contributed by atoms with van der Waals surface area (Å²) in [5.41, 5.74) is 4.73. The average Bonchev–Trinajstić information content (AvgIpc) is 2.48. The van der Waals surface area contributed by atoms with Gasteiger partial charge in [0.25, 0.3) is 0 Å². The zero-order chi connectivity index (χ0) is 14.5. The summed E-state index contributed by atoms with van der Waals surface area (Å²) < 4.78 is 10.6. The van der Waals surface area contributed by atoms with E-state index in [1.165, 1.54) is 16.7 Å². The fraction of sp³-hybridized carbons (Fsp3) is 0.222. The Balaban J connectivity index is 2.36. The van der Waals surface area contributed by atoms with Crippen molar-refractivity contribution >= 4 is 11.6 Å². The first-order chi connectivity index (χ1) is 9.63. The van der Waals surface area contributed by atoms with Gasteiger partial charge in [-0.05, 0) is 43.2 Å². The molecule has 0 spiro atoms. The Morgan fingerprint density at radius 3 is 2.25 bits per heavy atom. The molecule has 0 saturated heterocycles. The van der Waals surface area contributed by atoms with E-state index in [0.717, 1.165) is 17.1 Å². The molecule has 0 N–H and O–H groups in total. The molecule has 2 nitrogen and oxygen atoms in total. The van der Waals surface area contributed by atoms with Crippen molar-refractivity contribution in [3.8, 4) is 11.5 Å². The van der Waals surface area contributed by atoms with Gasteiger partial charge in [0.05, 0.1) is 14.2 Å². The third-order valence-electron chi connectivity index (χ3n) is 3.32. The summed E-state index contributed by atoms with van der Waals surface area (Å²) in [6.45, 7) is 4.20. The molecule has 0 aromatic heterocycles. The molecule has 2 rings (SSSR count). The summed E-state index contributed by atoms with van der Waals surface area (Å²) >= 11 is 0. The maximum atomic E-state index is 5.42. The van der Waals surface area contributed by atoms with E-state index in [1.54, 1.807) is 14.2 Å². The van der Waals surface area contributed by atoms with Crippen molar-refractivity contribution in [3.63, 3.8) is 0 Å². The number of benzene rings is 2. The molecular formula is C18H20O2. The molecule has 2 heteroatoms. The molecule has 20 heavy (non-hydrogen) atoms. The second-order valence-corrected chi connectivity index (χ2v) is 4.80. The topological polar surface area (TPSA) is 18.5 Å². The highest BCUT2D eigenvalue weighted by Crippen LogP contribution is 2.28.